The van der Waals surface area contributed by atoms with Crippen molar-refractivity contribution in [2.24, 2.45) is 4.99 Å². The summed E-state index contributed by atoms with van der Waals surface area (Å²) in [7, 11) is 0. The molecule has 0 bridgehead atoms. The Hall–Kier alpha value is -1.71. The highest BCUT2D eigenvalue weighted by atomic mass is 16.5. The van der Waals surface area contributed by atoms with E-state index in [2.05, 4.69) is 10.3 Å². The van der Waals surface area contributed by atoms with Crippen LogP contribution in [0.4, 0.5) is 11.4 Å². The number of benzene rings is 1. The molecule has 0 saturated heterocycles. The van der Waals surface area contributed by atoms with Crippen LogP contribution in [0.2, 0.25) is 0 Å². The number of rotatable bonds is 1. The van der Waals surface area contributed by atoms with Gasteiger partial charge in [-0.2, -0.15) is 0 Å². The molecule has 0 spiro atoms. The zero-order valence-electron chi connectivity index (χ0n) is 8.95. The van der Waals surface area contributed by atoms with Crippen molar-refractivity contribution in [1.82, 2.24) is 0 Å². The van der Waals surface area contributed by atoms with Gasteiger partial charge < -0.3 is 15.8 Å². The Labute approximate surface area is 89.1 Å². The van der Waals surface area contributed by atoms with Gasteiger partial charge in [0, 0.05) is 11.7 Å². The van der Waals surface area contributed by atoms with Gasteiger partial charge in [-0.15, -0.1) is 0 Å². The molecule has 1 aliphatic rings. The summed E-state index contributed by atoms with van der Waals surface area (Å²) in [6.45, 7) is 4.56. The Morgan fingerprint density at radius 3 is 3.00 bits per heavy atom. The maximum atomic E-state index is 5.69. The summed E-state index contributed by atoms with van der Waals surface area (Å²) in [5.41, 5.74) is 7.30. The Morgan fingerprint density at radius 2 is 2.27 bits per heavy atom. The van der Waals surface area contributed by atoms with Crippen LogP contribution in [-0.4, -0.2) is 18.5 Å². The second kappa shape index (κ2) is 3.81. The van der Waals surface area contributed by atoms with Crippen LogP contribution in [-0.2, 0) is 0 Å². The maximum absolute atomic E-state index is 5.69. The van der Waals surface area contributed by atoms with Gasteiger partial charge in [-0.3, -0.25) is 4.99 Å². The van der Waals surface area contributed by atoms with Gasteiger partial charge in [0.1, 0.15) is 18.2 Å². The minimum absolute atomic E-state index is 0.263. The zero-order chi connectivity index (χ0) is 10.8. The predicted molar refractivity (Wildman–Crippen MR) is 62.5 cm³/mol. The predicted octanol–water partition coefficient (Wildman–Crippen LogP) is 1.88. The molecule has 15 heavy (non-hydrogen) atoms. The van der Waals surface area contributed by atoms with Crippen LogP contribution < -0.4 is 15.8 Å². The molecule has 1 aromatic rings. The number of amidine groups is 1. The molecule has 0 aromatic heterocycles. The SMILES string of the molecule is CC(C)N=C1COc2ccc(N)cc2N1. The van der Waals surface area contributed by atoms with E-state index in [1.807, 2.05) is 32.0 Å². The van der Waals surface area contributed by atoms with Crippen LogP contribution in [0.15, 0.2) is 23.2 Å². The number of nitrogens with one attached hydrogen (secondary N) is 1. The largest absolute Gasteiger partial charge is 0.484 e. The van der Waals surface area contributed by atoms with Gasteiger partial charge in [-0.1, -0.05) is 0 Å². The van der Waals surface area contributed by atoms with Gasteiger partial charge in [0.2, 0.25) is 0 Å². The minimum Gasteiger partial charge on any atom is -0.484 e. The molecule has 0 aliphatic carbocycles. The topological polar surface area (TPSA) is 59.6 Å². The fourth-order valence-corrected chi connectivity index (χ4v) is 1.49. The smallest absolute Gasteiger partial charge is 0.146 e. The van der Waals surface area contributed by atoms with Crippen molar-refractivity contribution in [2.45, 2.75) is 19.9 Å². The average Bonchev–Trinajstić information content (AvgIpc) is 2.16. The number of hydrogen-bond acceptors (Lipinski definition) is 3. The molecule has 0 fully saturated rings. The van der Waals surface area contributed by atoms with Crippen molar-refractivity contribution >= 4 is 17.2 Å². The molecular formula is C11H15N3O. The lowest BCUT2D eigenvalue weighted by Crippen LogP contribution is -2.27. The fourth-order valence-electron chi connectivity index (χ4n) is 1.49. The number of nitrogens with two attached hydrogens (primary N) is 1. The Balaban J connectivity index is 2.26. The molecular weight excluding hydrogens is 190 g/mol. The summed E-state index contributed by atoms with van der Waals surface area (Å²) in [4.78, 5) is 4.40. The lowest BCUT2D eigenvalue weighted by atomic mass is 10.2. The quantitative estimate of drug-likeness (QED) is 0.688. The molecule has 1 aliphatic heterocycles. The normalized spacial score (nSPS) is 17.1. The van der Waals surface area contributed by atoms with Crippen molar-refractivity contribution in [3.05, 3.63) is 18.2 Å². The Morgan fingerprint density at radius 1 is 1.47 bits per heavy atom. The average molecular weight is 205 g/mol. The number of nitrogen functional groups attached to an aromatic ring is 1. The van der Waals surface area contributed by atoms with Crippen LogP contribution >= 0.6 is 0 Å². The van der Waals surface area contributed by atoms with Gasteiger partial charge in [0.05, 0.1) is 5.69 Å². The molecule has 4 heteroatoms. The van der Waals surface area contributed by atoms with E-state index < -0.39 is 0 Å². The maximum Gasteiger partial charge on any atom is 0.146 e. The molecule has 0 radical (unpaired) electrons. The van der Waals surface area contributed by atoms with Crippen LogP contribution in [0.25, 0.3) is 0 Å². The van der Waals surface area contributed by atoms with Crippen molar-refractivity contribution in [3.8, 4) is 5.75 Å². The number of aliphatic imine (C=N–C) groups is 1. The van der Waals surface area contributed by atoms with E-state index in [9.17, 15) is 0 Å². The summed E-state index contributed by atoms with van der Waals surface area (Å²) in [5.74, 6) is 1.68. The standard InChI is InChI=1S/C11H15N3O/c1-7(2)13-11-6-15-10-4-3-8(12)5-9(10)14-11/h3-5,7H,6,12H2,1-2H3,(H,13,14). The van der Waals surface area contributed by atoms with Crippen LogP contribution in [0.1, 0.15) is 13.8 Å². The number of fused-ring (bicyclic) bond motifs is 1. The van der Waals surface area contributed by atoms with Crippen molar-refractivity contribution in [3.63, 3.8) is 0 Å². The van der Waals surface area contributed by atoms with E-state index in [4.69, 9.17) is 10.5 Å². The lowest BCUT2D eigenvalue weighted by molar-refractivity contribution is 0.371. The highest BCUT2D eigenvalue weighted by Gasteiger charge is 2.14. The molecule has 0 atom stereocenters. The number of hydrogen-bond donors (Lipinski definition) is 2. The van der Waals surface area contributed by atoms with Crippen molar-refractivity contribution < 1.29 is 4.74 Å². The molecule has 0 saturated carbocycles. The van der Waals surface area contributed by atoms with Gasteiger partial charge in [-0.25, -0.2) is 0 Å². The Bertz CT molecular complexity index is 399. The third-order valence-corrected chi connectivity index (χ3v) is 2.06. The summed E-state index contributed by atoms with van der Waals surface area (Å²) >= 11 is 0. The molecule has 0 unspecified atom stereocenters. The number of nitrogens with zero attached hydrogens (tertiary/aromatic N) is 1. The molecule has 0 amide bonds. The molecule has 1 heterocycles. The first-order chi connectivity index (χ1) is 7.15. The highest BCUT2D eigenvalue weighted by Crippen LogP contribution is 2.29. The summed E-state index contributed by atoms with van der Waals surface area (Å²) in [6, 6.07) is 5.80. The molecule has 1 aromatic carbocycles. The van der Waals surface area contributed by atoms with E-state index in [1.54, 1.807) is 0 Å². The third kappa shape index (κ3) is 2.21. The minimum atomic E-state index is 0.263. The van der Waals surface area contributed by atoms with Crippen LogP contribution in [0.3, 0.4) is 0 Å². The van der Waals surface area contributed by atoms with E-state index >= 15 is 0 Å². The van der Waals surface area contributed by atoms with Gasteiger partial charge >= 0.3 is 0 Å². The first-order valence-corrected chi connectivity index (χ1v) is 5.01. The summed E-state index contributed by atoms with van der Waals surface area (Å²) < 4.78 is 5.54. The molecule has 3 N–H and O–H groups in total. The zero-order valence-corrected chi connectivity index (χ0v) is 8.95. The summed E-state index contributed by atoms with van der Waals surface area (Å²) in [5, 5.41) is 3.21. The molecule has 2 rings (SSSR count). The van der Waals surface area contributed by atoms with E-state index in [0.29, 0.717) is 6.61 Å². The van der Waals surface area contributed by atoms with E-state index in [-0.39, 0.29) is 6.04 Å². The lowest BCUT2D eigenvalue weighted by Gasteiger charge is -2.21. The van der Waals surface area contributed by atoms with Crippen LogP contribution in [0.5, 0.6) is 5.75 Å². The van der Waals surface area contributed by atoms with Gasteiger partial charge in [0.25, 0.3) is 0 Å². The molecule has 4 nitrogen and oxygen atoms in total. The second-order valence-corrected chi connectivity index (χ2v) is 3.84. The molecule has 80 valence electrons. The number of ether oxygens (including phenoxy) is 1. The summed E-state index contributed by atoms with van der Waals surface area (Å²) in [6.07, 6.45) is 0. The first kappa shape index (κ1) is 9.83. The van der Waals surface area contributed by atoms with E-state index in [0.717, 1.165) is 23.0 Å². The Kier molecular flexibility index (Phi) is 2.49. The van der Waals surface area contributed by atoms with Crippen LogP contribution in [0, 0.1) is 0 Å². The van der Waals surface area contributed by atoms with Crippen molar-refractivity contribution in [2.75, 3.05) is 17.7 Å². The second-order valence-electron chi connectivity index (χ2n) is 3.84. The highest BCUT2D eigenvalue weighted by molar-refractivity contribution is 6.00. The van der Waals surface area contributed by atoms with Gasteiger partial charge in [-0.05, 0) is 32.0 Å². The van der Waals surface area contributed by atoms with E-state index in [1.165, 1.54) is 0 Å². The van der Waals surface area contributed by atoms with Gasteiger partial charge in [0.15, 0.2) is 0 Å². The monoisotopic (exact) mass is 205 g/mol. The number of anilines is 2. The first-order valence-electron chi connectivity index (χ1n) is 5.01. The van der Waals surface area contributed by atoms with Crippen molar-refractivity contribution in [1.29, 1.82) is 0 Å². The third-order valence-electron chi connectivity index (χ3n) is 2.06. The fraction of sp³-hybridized carbons (Fsp3) is 0.364.